The number of carbonyl (C=O) groups is 1. The third kappa shape index (κ3) is 2.87. The Morgan fingerprint density at radius 2 is 2.16 bits per heavy atom. The van der Waals surface area contributed by atoms with Crippen LogP contribution in [0.1, 0.15) is 23.0 Å². The van der Waals surface area contributed by atoms with Crippen molar-refractivity contribution in [1.82, 2.24) is 19.7 Å². The molecule has 7 heteroatoms. The zero-order valence-corrected chi connectivity index (χ0v) is 11.0. The van der Waals surface area contributed by atoms with Gasteiger partial charge in [-0.3, -0.25) is 9.67 Å². The lowest BCUT2D eigenvalue weighted by molar-refractivity contribution is -0.138. The largest absolute Gasteiger partial charge is 0.479 e. The van der Waals surface area contributed by atoms with Crippen molar-refractivity contribution in [1.29, 1.82) is 0 Å². The van der Waals surface area contributed by atoms with Crippen molar-refractivity contribution in [3.8, 4) is 0 Å². The molecule has 1 atom stereocenters. The van der Waals surface area contributed by atoms with Gasteiger partial charge in [-0.2, -0.15) is 5.10 Å². The molecule has 0 aliphatic heterocycles. The monoisotopic (exact) mass is 261 g/mol. The van der Waals surface area contributed by atoms with Crippen LogP contribution < -0.4 is 5.32 Å². The molecular formula is C12H15N5O2. The van der Waals surface area contributed by atoms with Crippen LogP contribution in [0.3, 0.4) is 0 Å². The molecular weight excluding hydrogens is 246 g/mol. The number of carboxylic acids is 1. The number of anilines is 1. The number of rotatable bonds is 4. The first kappa shape index (κ1) is 13.0. The number of aliphatic carboxylic acids is 1. The van der Waals surface area contributed by atoms with E-state index in [9.17, 15) is 9.90 Å². The van der Waals surface area contributed by atoms with Gasteiger partial charge in [-0.1, -0.05) is 0 Å². The third-order valence-corrected chi connectivity index (χ3v) is 2.66. The quantitative estimate of drug-likeness (QED) is 0.855. The van der Waals surface area contributed by atoms with E-state index < -0.39 is 12.0 Å². The average Bonchev–Trinajstić information content (AvgIpc) is 2.76. The number of aromatic nitrogens is 4. The van der Waals surface area contributed by atoms with Gasteiger partial charge in [0.2, 0.25) is 0 Å². The smallest absolute Gasteiger partial charge is 0.330 e. The Morgan fingerprint density at radius 1 is 1.42 bits per heavy atom. The molecule has 2 rings (SSSR count). The molecule has 0 fully saturated rings. The van der Waals surface area contributed by atoms with Crippen LogP contribution in [0.5, 0.6) is 0 Å². The maximum absolute atomic E-state index is 11.4. The molecule has 2 heterocycles. The third-order valence-electron chi connectivity index (χ3n) is 2.66. The molecule has 19 heavy (non-hydrogen) atoms. The molecule has 2 N–H and O–H groups in total. The predicted molar refractivity (Wildman–Crippen MR) is 68.7 cm³/mol. The summed E-state index contributed by atoms with van der Waals surface area (Å²) in [4.78, 5) is 19.8. The normalized spacial score (nSPS) is 12.2. The van der Waals surface area contributed by atoms with Crippen molar-refractivity contribution in [3.63, 3.8) is 0 Å². The number of nitrogens with zero attached hydrogens (tertiary/aromatic N) is 4. The molecule has 2 aromatic heterocycles. The molecule has 0 aliphatic rings. The van der Waals surface area contributed by atoms with Crippen molar-refractivity contribution in [3.05, 3.63) is 35.5 Å². The summed E-state index contributed by atoms with van der Waals surface area (Å²) in [6.07, 6.45) is 4.81. The molecule has 7 nitrogen and oxygen atoms in total. The van der Waals surface area contributed by atoms with Crippen molar-refractivity contribution < 1.29 is 9.90 Å². The van der Waals surface area contributed by atoms with E-state index in [0.717, 1.165) is 5.69 Å². The second kappa shape index (κ2) is 5.05. The predicted octanol–water partition coefficient (Wildman–Crippen LogP) is 1.06. The first-order valence-corrected chi connectivity index (χ1v) is 5.75. The minimum atomic E-state index is -0.990. The molecule has 100 valence electrons. The number of nitrogens with one attached hydrogen (secondary N) is 1. The summed E-state index contributed by atoms with van der Waals surface area (Å²) in [6, 6.07) is -0.900. The van der Waals surface area contributed by atoms with Gasteiger partial charge in [0.25, 0.3) is 0 Å². The molecule has 0 saturated heterocycles. The molecule has 0 saturated carbocycles. The summed E-state index contributed by atoms with van der Waals surface area (Å²) >= 11 is 0. The lowest BCUT2D eigenvalue weighted by Gasteiger charge is -2.15. The van der Waals surface area contributed by atoms with Crippen LogP contribution >= 0.6 is 0 Å². The fourth-order valence-electron chi connectivity index (χ4n) is 1.69. The Bertz CT molecular complexity index is 608. The summed E-state index contributed by atoms with van der Waals surface area (Å²) in [5, 5.41) is 16.2. The SMILES string of the molecule is Cc1cnc(C)c(NC(C(=O)O)c2cnn(C)c2)n1. The Kier molecular flexibility index (Phi) is 3.46. The first-order chi connectivity index (χ1) is 8.97. The minimum absolute atomic E-state index is 0.469. The van der Waals surface area contributed by atoms with E-state index >= 15 is 0 Å². The van der Waals surface area contributed by atoms with E-state index in [4.69, 9.17) is 0 Å². The highest BCUT2D eigenvalue weighted by Crippen LogP contribution is 2.19. The maximum atomic E-state index is 11.4. The van der Waals surface area contributed by atoms with Gasteiger partial charge in [0.15, 0.2) is 6.04 Å². The van der Waals surface area contributed by atoms with E-state index in [-0.39, 0.29) is 0 Å². The molecule has 1 unspecified atom stereocenters. The Labute approximate surface area is 110 Å². The average molecular weight is 261 g/mol. The molecule has 2 aromatic rings. The van der Waals surface area contributed by atoms with Gasteiger partial charge in [-0.05, 0) is 13.8 Å². The number of hydrogen-bond acceptors (Lipinski definition) is 5. The fourth-order valence-corrected chi connectivity index (χ4v) is 1.69. The van der Waals surface area contributed by atoms with Crippen molar-refractivity contribution in [2.24, 2.45) is 7.05 Å². The van der Waals surface area contributed by atoms with E-state index in [0.29, 0.717) is 17.1 Å². The van der Waals surface area contributed by atoms with E-state index in [1.54, 1.807) is 38.0 Å². The van der Waals surface area contributed by atoms with Crippen molar-refractivity contribution >= 4 is 11.8 Å². The summed E-state index contributed by atoms with van der Waals surface area (Å²) in [7, 11) is 1.74. The van der Waals surface area contributed by atoms with E-state index in [2.05, 4.69) is 20.4 Å². The van der Waals surface area contributed by atoms with Crippen LogP contribution in [-0.4, -0.2) is 30.8 Å². The topological polar surface area (TPSA) is 92.9 Å². The minimum Gasteiger partial charge on any atom is -0.479 e. The molecule has 0 aromatic carbocycles. The van der Waals surface area contributed by atoms with Crippen LogP contribution in [0, 0.1) is 13.8 Å². The highest BCUT2D eigenvalue weighted by Gasteiger charge is 2.22. The Balaban J connectivity index is 2.31. The van der Waals surface area contributed by atoms with Crippen LogP contribution in [0.2, 0.25) is 0 Å². The van der Waals surface area contributed by atoms with Gasteiger partial charge in [0.1, 0.15) is 5.82 Å². The highest BCUT2D eigenvalue weighted by atomic mass is 16.4. The van der Waals surface area contributed by atoms with Gasteiger partial charge in [-0.15, -0.1) is 0 Å². The van der Waals surface area contributed by atoms with Gasteiger partial charge < -0.3 is 10.4 Å². The first-order valence-electron chi connectivity index (χ1n) is 5.75. The standard InChI is InChI=1S/C12H15N5O2/c1-7-4-13-8(2)11(15-7)16-10(12(18)19)9-5-14-17(3)6-9/h4-6,10H,1-3H3,(H,15,16)(H,18,19). The van der Waals surface area contributed by atoms with Gasteiger partial charge in [0, 0.05) is 25.0 Å². The van der Waals surface area contributed by atoms with E-state index in [1.807, 2.05) is 0 Å². The second-order valence-electron chi connectivity index (χ2n) is 4.31. The lowest BCUT2D eigenvalue weighted by atomic mass is 10.1. The van der Waals surface area contributed by atoms with Crippen LogP contribution in [0.25, 0.3) is 0 Å². The Hall–Kier alpha value is -2.44. The van der Waals surface area contributed by atoms with E-state index in [1.165, 1.54) is 6.20 Å². The lowest BCUT2D eigenvalue weighted by Crippen LogP contribution is -2.21. The fraction of sp³-hybridized carbons (Fsp3) is 0.333. The van der Waals surface area contributed by atoms with Crippen LogP contribution in [0.4, 0.5) is 5.82 Å². The molecule has 0 aliphatic carbocycles. The summed E-state index contributed by atoms with van der Waals surface area (Å²) < 4.78 is 1.56. The van der Waals surface area contributed by atoms with Crippen LogP contribution in [-0.2, 0) is 11.8 Å². The van der Waals surface area contributed by atoms with Gasteiger partial charge >= 0.3 is 5.97 Å². The van der Waals surface area contributed by atoms with Crippen molar-refractivity contribution in [2.75, 3.05) is 5.32 Å². The summed E-state index contributed by atoms with van der Waals surface area (Å²) in [5.41, 5.74) is 1.95. The molecule has 0 amide bonds. The zero-order valence-electron chi connectivity index (χ0n) is 11.0. The number of carboxylic acid groups (broad SMARTS) is 1. The molecule has 0 spiro atoms. The van der Waals surface area contributed by atoms with Gasteiger partial charge in [-0.25, -0.2) is 9.78 Å². The zero-order chi connectivity index (χ0) is 14.0. The van der Waals surface area contributed by atoms with Crippen LogP contribution in [0.15, 0.2) is 18.6 Å². The number of hydrogen-bond donors (Lipinski definition) is 2. The summed E-state index contributed by atoms with van der Waals surface area (Å²) in [6.45, 7) is 3.58. The maximum Gasteiger partial charge on any atom is 0.330 e. The van der Waals surface area contributed by atoms with Gasteiger partial charge in [0.05, 0.1) is 17.6 Å². The molecule has 0 bridgehead atoms. The highest BCUT2D eigenvalue weighted by molar-refractivity contribution is 5.78. The number of aryl methyl sites for hydroxylation is 3. The van der Waals surface area contributed by atoms with Crippen molar-refractivity contribution in [2.45, 2.75) is 19.9 Å². The molecule has 0 radical (unpaired) electrons. The second-order valence-corrected chi connectivity index (χ2v) is 4.31. The summed E-state index contributed by atoms with van der Waals surface area (Å²) in [5.74, 6) is -0.521. The Morgan fingerprint density at radius 3 is 2.74 bits per heavy atom.